The van der Waals surface area contributed by atoms with E-state index in [1.807, 2.05) is 30.3 Å². The summed E-state index contributed by atoms with van der Waals surface area (Å²) >= 11 is 0. The Morgan fingerprint density at radius 3 is 1.63 bits per heavy atom. The standard InChI is InChI=1S/C8H11BO2.C6H14O2/c10-9(11)7-6-8-4-2-1-3-5-8;1-5(2,7)6(3,4)8/h1-5,10-11H,6-7H2;7-8H,1-4H3. The molecule has 1 rings (SSSR count). The lowest BCUT2D eigenvalue weighted by atomic mass is 9.83. The molecule has 0 aliphatic heterocycles. The molecule has 0 spiro atoms. The highest BCUT2D eigenvalue weighted by Gasteiger charge is 2.31. The van der Waals surface area contributed by atoms with Gasteiger partial charge in [0.15, 0.2) is 0 Å². The summed E-state index contributed by atoms with van der Waals surface area (Å²) in [6, 6.07) is 9.78. The average Bonchev–Trinajstić information content (AvgIpc) is 2.26. The largest absolute Gasteiger partial charge is 0.451 e. The van der Waals surface area contributed by atoms with E-state index in [1.54, 1.807) is 27.7 Å². The maximum atomic E-state index is 9.10. The van der Waals surface area contributed by atoms with E-state index in [2.05, 4.69) is 0 Å². The van der Waals surface area contributed by atoms with Crippen LogP contribution in [-0.4, -0.2) is 38.6 Å². The van der Waals surface area contributed by atoms with Crippen molar-refractivity contribution in [3.8, 4) is 0 Å². The van der Waals surface area contributed by atoms with Crippen LogP contribution in [-0.2, 0) is 6.42 Å². The third-order valence-corrected chi connectivity index (χ3v) is 3.03. The molecule has 4 N–H and O–H groups in total. The van der Waals surface area contributed by atoms with E-state index in [0.717, 1.165) is 12.0 Å². The summed E-state index contributed by atoms with van der Waals surface area (Å²) in [6.45, 7) is 6.31. The summed E-state index contributed by atoms with van der Waals surface area (Å²) < 4.78 is 0. The van der Waals surface area contributed by atoms with Gasteiger partial charge in [0.05, 0.1) is 11.2 Å². The molecule has 0 atom stereocenters. The molecule has 108 valence electrons. The van der Waals surface area contributed by atoms with Crippen LogP contribution < -0.4 is 0 Å². The van der Waals surface area contributed by atoms with Gasteiger partial charge in [0.1, 0.15) is 0 Å². The van der Waals surface area contributed by atoms with E-state index in [0.29, 0.717) is 6.32 Å². The number of hydrogen-bond acceptors (Lipinski definition) is 4. The Labute approximate surface area is 115 Å². The van der Waals surface area contributed by atoms with Crippen molar-refractivity contribution in [2.75, 3.05) is 0 Å². The molecule has 0 unspecified atom stereocenters. The van der Waals surface area contributed by atoms with Gasteiger partial charge in [0.25, 0.3) is 0 Å². The van der Waals surface area contributed by atoms with Crippen LogP contribution in [0.3, 0.4) is 0 Å². The molecule has 0 saturated heterocycles. The van der Waals surface area contributed by atoms with Crippen molar-refractivity contribution >= 4 is 7.12 Å². The average molecular weight is 268 g/mol. The molecular formula is C14H25BO4. The number of aliphatic hydroxyl groups is 2. The van der Waals surface area contributed by atoms with Crippen molar-refractivity contribution in [2.45, 2.75) is 51.6 Å². The van der Waals surface area contributed by atoms with E-state index < -0.39 is 18.3 Å². The third-order valence-electron chi connectivity index (χ3n) is 3.03. The van der Waals surface area contributed by atoms with Gasteiger partial charge in [-0.15, -0.1) is 0 Å². The first-order chi connectivity index (χ1) is 8.54. The Kier molecular flexibility index (Phi) is 7.30. The number of hydrogen-bond donors (Lipinski definition) is 4. The second-order valence-corrected chi connectivity index (χ2v) is 5.62. The summed E-state index contributed by atoms with van der Waals surface area (Å²) in [4.78, 5) is 0. The zero-order chi connectivity index (χ0) is 15.1. The van der Waals surface area contributed by atoms with Crippen LogP contribution in [0.2, 0.25) is 6.32 Å². The molecule has 1 aromatic rings. The maximum Gasteiger partial charge on any atom is 0.451 e. The van der Waals surface area contributed by atoms with E-state index in [4.69, 9.17) is 20.3 Å². The van der Waals surface area contributed by atoms with Crippen LogP contribution >= 0.6 is 0 Å². The maximum absolute atomic E-state index is 9.10. The van der Waals surface area contributed by atoms with Crippen molar-refractivity contribution < 1.29 is 20.3 Å². The van der Waals surface area contributed by atoms with Gasteiger partial charge in [-0.2, -0.15) is 0 Å². The lowest BCUT2D eigenvalue weighted by Gasteiger charge is -2.31. The van der Waals surface area contributed by atoms with Gasteiger partial charge >= 0.3 is 7.12 Å². The fourth-order valence-corrected chi connectivity index (χ4v) is 0.940. The van der Waals surface area contributed by atoms with Crippen LogP contribution in [0, 0.1) is 0 Å². The van der Waals surface area contributed by atoms with E-state index in [9.17, 15) is 0 Å². The zero-order valence-corrected chi connectivity index (χ0v) is 12.2. The van der Waals surface area contributed by atoms with Gasteiger partial charge in [-0.05, 0) is 46.0 Å². The summed E-state index contributed by atoms with van der Waals surface area (Å²) in [5.74, 6) is 0. The summed E-state index contributed by atoms with van der Waals surface area (Å²) in [7, 11) is -1.18. The topological polar surface area (TPSA) is 80.9 Å². The molecule has 1 aromatic carbocycles. The zero-order valence-electron chi connectivity index (χ0n) is 12.2. The molecule has 0 aromatic heterocycles. The van der Waals surface area contributed by atoms with Gasteiger partial charge in [0.2, 0.25) is 0 Å². The molecule has 4 nitrogen and oxygen atoms in total. The van der Waals surface area contributed by atoms with Crippen LogP contribution in [0.15, 0.2) is 30.3 Å². The molecule has 0 heterocycles. The molecule has 0 radical (unpaired) electrons. The lowest BCUT2D eigenvalue weighted by molar-refractivity contribution is -0.107. The van der Waals surface area contributed by atoms with Crippen LogP contribution in [0.4, 0.5) is 0 Å². The molecule has 0 aliphatic carbocycles. The first-order valence-corrected chi connectivity index (χ1v) is 6.39. The van der Waals surface area contributed by atoms with Crippen LogP contribution in [0.5, 0.6) is 0 Å². The minimum absolute atomic E-state index is 0.407. The van der Waals surface area contributed by atoms with Gasteiger partial charge < -0.3 is 20.3 Å². The predicted molar refractivity (Wildman–Crippen MR) is 77.7 cm³/mol. The van der Waals surface area contributed by atoms with Crippen molar-refractivity contribution in [3.63, 3.8) is 0 Å². The quantitative estimate of drug-likeness (QED) is 0.619. The molecule has 0 amide bonds. The minimum Gasteiger partial charge on any atom is -0.427 e. The minimum atomic E-state index is -1.18. The fourth-order valence-electron chi connectivity index (χ4n) is 0.940. The smallest absolute Gasteiger partial charge is 0.427 e. The number of aryl methyl sites for hydroxylation is 1. The molecule has 5 heteroatoms. The van der Waals surface area contributed by atoms with Crippen molar-refractivity contribution in [1.29, 1.82) is 0 Å². The lowest BCUT2D eigenvalue weighted by Crippen LogP contribution is -2.44. The molecule has 0 aliphatic rings. The summed E-state index contributed by atoms with van der Waals surface area (Å²) in [5.41, 5.74) is -0.874. The van der Waals surface area contributed by atoms with Gasteiger partial charge in [-0.3, -0.25) is 0 Å². The van der Waals surface area contributed by atoms with Crippen molar-refractivity contribution in [2.24, 2.45) is 0 Å². The Hall–Kier alpha value is -0.875. The second kappa shape index (κ2) is 7.65. The summed E-state index contributed by atoms with van der Waals surface area (Å²) in [5, 5.41) is 35.3. The Morgan fingerprint density at radius 2 is 1.32 bits per heavy atom. The first kappa shape index (κ1) is 18.1. The number of rotatable bonds is 4. The van der Waals surface area contributed by atoms with Crippen LogP contribution in [0.1, 0.15) is 33.3 Å². The highest BCUT2D eigenvalue weighted by molar-refractivity contribution is 6.40. The van der Waals surface area contributed by atoms with Crippen LogP contribution in [0.25, 0.3) is 0 Å². The molecule has 19 heavy (non-hydrogen) atoms. The first-order valence-electron chi connectivity index (χ1n) is 6.39. The predicted octanol–water partition coefficient (Wildman–Crippen LogP) is 1.23. The van der Waals surface area contributed by atoms with Gasteiger partial charge in [-0.1, -0.05) is 30.3 Å². The fraction of sp³-hybridized carbons (Fsp3) is 0.571. The normalized spacial score (nSPS) is 11.6. The molecular weight excluding hydrogens is 243 g/mol. The highest BCUT2D eigenvalue weighted by Crippen LogP contribution is 2.19. The van der Waals surface area contributed by atoms with E-state index in [1.165, 1.54) is 0 Å². The van der Waals surface area contributed by atoms with Gasteiger partial charge in [-0.25, -0.2) is 0 Å². The van der Waals surface area contributed by atoms with E-state index in [-0.39, 0.29) is 0 Å². The Bertz CT molecular complexity index is 327. The second-order valence-electron chi connectivity index (χ2n) is 5.62. The molecule has 0 bridgehead atoms. The molecule has 0 fully saturated rings. The SMILES string of the molecule is CC(C)(O)C(C)(C)O.OB(O)CCc1ccccc1. The summed E-state index contributed by atoms with van der Waals surface area (Å²) in [6.07, 6.45) is 1.13. The van der Waals surface area contributed by atoms with E-state index >= 15 is 0 Å². The monoisotopic (exact) mass is 268 g/mol. The molecule has 0 saturated carbocycles. The Morgan fingerprint density at radius 1 is 0.895 bits per heavy atom. The highest BCUT2D eigenvalue weighted by atomic mass is 16.4. The van der Waals surface area contributed by atoms with Crippen molar-refractivity contribution in [1.82, 2.24) is 0 Å². The van der Waals surface area contributed by atoms with Gasteiger partial charge in [0, 0.05) is 0 Å². The number of benzene rings is 1. The van der Waals surface area contributed by atoms with Crippen molar-refractivity contribution in [3.05, 3.63) is 35.9 Å². The third kappa shape index (κ3) is 8.78. The Balaban J connectivity index is 0.000000362.